The van der Waals surface area contributed by atoms with Crippen molar-refractivity contribution in [2.75, 3.05) is 12.3 Å². The van der Waals surface area contributed by atoms with Crippen molar-refractivity contribution in [3.8, 4) is 5.75 Å². The van der Waals surface area contributed by atoms with E-state index in [2.05, 4.69) is 4.98 Å². The maximum absolute atomic E-state index is 10.6. The zero-order chi connectivity index (χ0) is 14.7. The molecule has 0 fully saturated rings. The molecule has 1 aromatic carbocycles. The number of fused-ring (bicyclic) bond motifs is 1. The van der Waals surface area contributed by atoms with Gasteiger partial charge in [-0.05, 0) is 26.0 Å². The van der Waals surface area contributed by atoms with Crippen molar-refractivity contribution in [2.45, 2.75) is 26.5 Å². The summed E-state index contributed by atoms with van der Waals surface area (Å²) in [5.41, 5.74) is 12.3. The number of primary amides is 1. The molecule has 0 spiro atoms. The number of carbonyl (C=O) groups is 1. The molecule has 108 valence electrons. The summed E-state index contributed by atoms with van der Waals surface area (Å²) in [4.78, 5) is 14.9. The number of hydrogen-bond donors (Lipinski definition) is 2. The quantitative estimate of drug-likeness (QED) is 0.862. The molecule has 0 bridgehead atoms. The first-order valence-electron chi connectivity index (χ1n) is 6.32. The van der Waals surface area contributed by atoms with Crippen molar-refractivity contribution in [1.29, 1.82) is 0 Å². The second kappa shape index (κ2) is 5.68. The number of hydrogen-bond acceptors (Lipinski definition) is 5. The third-order valence-corrected chi connectivity index (χ3v) is 2.69. The average molecular weight is 278 g/mol. The number of nitrogen functional groups attached to an aromatic ring is 1. The van der Waals surface area contributed by atoms with Gasteiger partial charge in [-0.15, -0.1) is 0 Å². The molecular weight excluding hydrogens is 260 g/mol. The highest BCUT2D eigenvalue weighted by Crippen LogP contribution is 2.27. The number of amides is 1. The molecule has 0 saturated heterocycles. The van der Waals surface area contributed by atoms with Crippen molar-refractivity contribution in [1.82, 2.24) is 9.55 Å². The minimum atomic E-state index is -0.808. The zero-order valence-electron chi connectivity index (χ0n) is 11.5. The smallest absolute Gasteiger partial charge is 0.404 e. The molecule has 7 nitrogen and oxygen atoms in total. The van der Waals surface area contributed by atoms with Crippen LogP contribution in [0.3, 0.4) is 0 Å². The summed E-state index contributed by atoms with van der Waals surface area (Å²) in [7, 11) is 0. The summed E-state index contributed by atoms with van der Waals surface area (Å²) in [6, 6.07) is 5.60. The largest absolute Gasteiger partial charge is 0.489 e. The third kappa shape index (κ3) is 2.93. The molecule has 2 rings (SSSR count). The number of nitrogens with two attached hydrogens (primary N) is 2. The van der Waals surface area contributed by atoms with Crippen LogP contribution < -0.4 is 16.2 Å². The number of aromatic nitrogens is 2. The minimum Gasteiger partial charge on any atom is -0.489 e. The molecule has 2 aromatic rings. The first-order chi connectivity index (χ1) is 9.49. The molecule has 0 saturated carbocycles. The van der Waals surface area contributed by atoms with E-state index in [0.29, 0.717) is 23.8 Å². The summed E-state index contributed by atoms with van der Waals surface area (Å²) >= 11 is 0. The Kier molecular flexibility index (Phi) is 3.97. The van der Waals surface area contributed by atoms with Crippen LogP contribution in [0.4, 0.5) is 10.7 Å². The van der Waals surface area contributed by atoms with Crippen LogP contribution in [-0.4, -0.2) is 28.4 Å². The van der Waals surface area contributed by atoms with Gasteiger partial charge in [-0.25, -0.2) is 9.78 Å². The highest BCUT2D eigenvalue weighted by atomic mass is 16.5. The van der Waals surface area contributed by atoms with E-state index in [0.717, 1.165) is 5.52 Å². The molecule has 0 aliphatic heterocycles. The molecule has 0 radical (unpaired) electrons. The van der Waals surface area contributed by atoms with E-state index in [1.54, 1.807) is 4.57 Å². The number of nitrogens with zero attached hydrogens (tertiary/aromatic N) is 2. The van der Waals surface area contributed by atoms with Gasteiger partial charge < -0.3 is 25.5 Å². The zero-order valence-corrected chi connectivity index (χ0v) is 11.5. The number of benzene rings is 1. The van der Waals surface area contributed by atoms with Gasteiger partial charge in [-0.3, -0.25) is 0 Å². The lowest BCUT2D eigenvalue weighted by atomic mass is 10.3. The number of imidazole rings is 1. The number of anilines is 1. The first kappa shape index (κ1) is 14.0. The maximum Gasteiger partial charge on any atom is 0.404 e. The van der Waals surface area contributed by atoms with Crippen LogP contribution in [0.5, 0.6) is 5.75 Å². The van der Waals surface area contributed by atoms with Crippen LogP contribution in [0.15, 0.2) is 18.2 Å². The van der Waals surface area contributed by atoms with Gasteiger partial charge in [0.15, 0.2) is 0 Å². The van der Waals surface area contributed by atoms with Crippen molar-refractivity contribution >= 4 is 23.1 Å². The van der Waals surface area contributed by atoms with Crippen LogP contribution >= 0.6 is 0 Å². The first-order valence-corrected chi connectivity index (χ1v) is 6.32. The van der Waals surface area contributed by atoms with E-state index in [4.69, 9.17) is 20.9 Å². The van der Waals surface area contributed by atoms with Gasteiger partial charge >= 0.3 is 6.09 Å². The summed E-state index contributed by atoms with van der Waals surface area (Å²) in [6.45, 7) is 4.41. The number of rotatable bonds is 5. The van der Waals surface area contributed by atoms with E-state index >= 15 is 0 Å². The van der Waals surface area contributed by atoms with Crippen molar-refractivity contribution in [3.63, 3.8) is 0 Å². The lowest BCUT2D eigenvalue weighted by molar-refractivity contribution is 0.153. The van der Waals surface area contributed by atoms with Crippen molar-refractivity contribution in [2.24, 2.45) is 5.73 Å². The number of carbonyl (C=O) groups excluding carboxylic acids is 1. The van der Waals surface area contributed by atoms with E-state index in [9.17, 15) is 4.79 Å². The Morgan fingerprint density at radius 1 is 1.45 bits per heavy atom. The molecule has 4 N–H and O–H groups in total. The molecule has 0 aliphatic rings. The summed E-state index contributed by atoms with van der Waals surface area (Å²) in [5.74, 6) is 1.02. The highest BCUT2D eigenvalue weighted by Gasteiger charge is 2.13. The third-order valence-electron chi connectivity index (χ3n) is 2.69. The molecule has 7 heteroatoms. The summed E-state index contributed by atoms with van der Waals surface area (Å²) < 4.78 is 12.2. The minimum absolute atomic E-state index is 0.0465. The Morgan fingerprint density at radius 2 is 2.20 bits per heavy atom. The molecule has 0 aliphatic carbocycles. The Morgan fingerprint density at radius 3 is 2.85 bits per heavy atom. The Balaban J connectivity index is 2.31. The monoisotopic (exact) mass is 278 g/mol. The molecular formula is C13H18N4O3. The SMILES string of the molecule is CC(C)Oc1cccc2c1nc(N)n2CCOC(N)=O. The van der Waals surface area contributed by atoms with E-state index in [1.807, 2.05) is 32.0 Å². The van der Waals surface area contributed by atoms with E-state index in [1.165, 1.54) is 0 Å². The van der Waals surface area contributed by atoms with Gasteiger partial charge in [0.05, 0.1) is 18.2 Å². The van der Waals surface area contributed by atoms with Gasteiger partial charge in [-0.1, -0.05) is 6.07 Å². The Bertz CT molecular complexity index is 621. The van der Waals surface area contributed by atoms with Gasteiger partial charge in [-0.2, -0.15) is 0 Å². The lowest BCUT2D eigenvalue weighted by Crippen LogP contribution is -2.17. The predicted molar refractivity (Wildman–Crippen MR) is 75.4 cm³/mol. The number of ether oxygens (including phenoxy) is 2. The van der Waals surface area contributed by atoms with Crippen LogP contribution in [0.25, 0.3) is 11.0 Å². The van der Waals surface area contributed by atoms with Crippen LogP contribution in [0.2, 0.25) is 0 Å². The molecule has 0 atom stereocenters. The van der Waals surface area contributed by atoms with E-state index in [-0.39, 0.29) is 12.7 Å². The highest BCUT2D eigenvalue weighted by molar-refractivity contribution is 5.84. The normalized spacial score (nSPS) is 10.9. The van der Waals surface area contributed by atoms with Crippen LogP contribution in [-0.2, 0) is 11.3 Å². The molecule has 0 unspecified atom stereocenters. The topological polar surface area (TPSA) is 105 Å². The molecule has 20 heavy (non-hydrogen) atoms. The summed E-state index contributed by atoms with van der Waals surface area (Å²) in [6.07, 6.45) is -0.762. The standard InChI is InChI=1S/C13H18N4O3/c1-8(2)20-10-5-3-4-9-11(10)16-12(14)17(9)6-7-19-13(15)18/h3-5,8H,6-7H2,1-2H3,(H2,14,16)(H2,15,18). The summed E-state index contributed by atoms with van der Waals surface area (Å²) in [5, 5.41) is 0. The van der Waals surface area contributed by atoms with E-state index < -0.39 is 6.09 Å². The molecule has 1 amide bonds. The van der Waals surface area contributed by atoms with Crippen LogP contribution in [0, 0.1) is 0 Å². The fraction of sp³-hybridized carbons (Fsp3) is 0.385. The fourth-order valence-electron chi connectivity index (χ4n) is 1.96. The van der Waals surface area contributed by atoms with Gasteiger partial charge in [0.25, 0.3) is 0 Å². The average Bonchev–Trinajstić information content (AvgIpc) is 2.66. The molecule has 1 aromatic heterocycles. The second-order valence-corrected chi connectivity index (χ2v) is 4.58. The Labute approximate surface area is 116 Å². The fourth-order valence-corrected chi connectivity index (χ4v) is 1.96. The van der Waals surface area contributed by atoms with Crippen molar-refractivity contribution < 1.29 is 14.3 Å². The maximum atomic E-state index is 10.6. The Hall–Kier alpha value is -2.44. The predicted octanol–water partition coefficient (Wildman–Crippen LogP) is 1.50. The molecule has 1 heterocycles. The van der Waals surface area contributed by atoms with Crippen molar-refractivity contribution in [3.05, 3.63) is 18.2 Å². The van der Waals surface area contributed by atoms with Crippen LogP contribution in [0.1, 0.15) is 13.8 Å². The lowest BCUT2D eigenvalue weighted by Gasteiger charge is -2.10. The second-order valence-electron chi connectivity index (χ2n) is 4.58. The van der Waals surface area contributed by atoms with Gasteiger partial charge in [0, 0.05) is 0 Å². The van der Waals surface area contributed by atoms with Gasteiger partial charge in [0.1, 0.15) is 17.9 Å². The van der Waals surface area contributed by atoms with Gasteiger partial charge in [0.2, 0.25) is 5.95 Å². The number of para-hydroxylation sites is 1.